The lowest BCUT2D eigenvalue weighted by molar-refractivity contribution is -0.143. The number of carbonyl (C=O) groups excluding carboxylic acids is 2. The first-order chi connectivity index (χ1) is 13.7. The summed E-state index contributed by atoms with van der Waals surface area (Å²) in [6.45, 7) is 6.27. The van der Waals surface area contributed by atoms with E-state index in [9.17, 15) is 19.5 Å². The highest BCUT2D eigenvalue weighted by atomic mass is 16.4. The Balaban J connectivity index is 1.75. The number of carbonyl (C=O) groups is 3. The molecule has 3 rings (SSSR count). The van der Waals surface area contributed by atoms with Gasteiger partial charge in [-0.1, -0.05) is 57.2 Å². The fourth-order valence-corrected chi connectivity index (χ4v) is 3.43. The van der Waals surface area contributed by atoms with E-state index in [0.29, 0.717) is 30.6 Å². The Labute approximate surface area is 170 Å². The van der Waals surface area contributed by atoms with Crippen LogP contribution in [0.5, 0.6) is 0 Å². The molecular weight excluding hydrogens is 368 g/mol. The number of aliphatic carboxylic acids is 1. The van der Waals surface area contributed by atoms with Gasteiger partial charge < -0.3 is 15.3 Å². The van der Waals surface area contributed by atoms with Gasteiger partial charge in [0.2, 0.25) is 5.91 Å². The standard InChI is InChI=1S/C23H26N2O4/c1-23(2,3)22(29)24-14-15-8-10-17(11-9-15)20(26)25-13-12-16-6-4-5-7-18(16)19(25)21(27)28/h4-11,19H,12-14H2,1-3H3,(H,24,29)(H,27,28). The zero-order valence-corrected chi connectivity index (χ0v) is 16.9. The number of nitrogens with one attached hydrogen (secondary N) is 1. The van der Waals surface area contributed by atoms with Crippen LogP contribution in [0.1, 0.15) is 53.9 Å². The first-order valence-electron chi connectivity index (χ1n) is 9.67. The third-order valence-corrected chi connectivity index (χ3v) is 5.11. The van der Waals surface area contributed by atoms with Crippen molar-refractivity contribution in [3.05, 3.63) is 70.8 Å². The van der Waals surface area contributed by atoms with Crippen LogP contribution >= 0.6 is 0 Å². The molecule has 2 aromatic carbocycles. The van der Waals surface area contributed by atoms with Gasteiger partial charge in [-0.05, 0) is 35.2 Å². The summed E-state index contributed by atoms with van der Waals surface area (Å²) in [7, 11) is 0. The molecule has 2 amide bonds. The van der Waals surface area contributed by atoms with Crippen LogP contribution in [0.4, 0.5) is 0 Å². The lowest BCUT2D eigenvalue weighted by Gasteiger charge is -2.34. The summed E-state index contributed by atoms with van der Waals surface area (Å²) in [5.74, 6) is -1.39. The number of carboxylic acid groups (broad SMARTS) is 1. The van der Waals surface area contributed by atoms with Gasteiger partial charge in [-0.3, -0.25) is 9.59 Å². The van der Waals surface area contributed by atoms with E-state index in [0.717, 1.165) is 11.1 Å². The smallest absolute Gasteiger partial charge is 0.331 e. The van der Waals surface area contributed by atoms with Gasteiger partial charge in [0.05, 0.1) is 0 Å². The van der Waals surface area contributed by atoms with Crippen molar-refractivity contribution in [1.29, 1.82) is 0 Å². The topological polar surface area (TPSA) is 86.7 Å². The molecule has 0 spiro atoms. The van der Waals surface area contributed by atoms with Crippen molar-refractivity contribution in [3.63, 3.8) is 0 Å². The Kier molecular flexibility index (Phi) is 5.73. The zero-order valence-electron chi connectivity index (χ0n) is 16.9. The van der Waals surface area contributed by atoms with E-state index in [1.165, 1.54) is 4.90 Å². The first kappa shape index (κ1) is 20.6. The van der Waals surface area contributed by atoms with Gasteiger partial charge in [-0.25, -0.2) is 4.79 Å². The molecule has 2 N–H and O–H groups in total. The second-order valence-electron chi connectivity index (χ2n) is 8.32. The van der Waals surface area contributed by atoms with Crippen molar-refractivity contribution in [2.45, 2.75) is 39.8 Å². The minimum atomic E-state index is -1.04. The number of hydrogen-bond acceptors (Lipinski definition) is 3. The normalized spacial score (nSPS) is 16.1. The molecule has 0 saturated carbocycles. The molecule has 0 bridgehead atoms. The zero-order chi connectivity index (χ0) is 21.2. The number of hydrogen-bond donors (Lipinski definition) is 2. The fraction of sp³-hybridized carbons (Fsp3) is 0.348. The molecule has 1 atom stereocenters. The molecule has 2 aromatic rings. The van der Waals surface area contributed by atoms with Gasteiger partial charge in [0, 0.05) is 24.1 Å². The summed E-state index contributed by atoms with van der Waals surface area (Å²) in [5, 5.41) is 12.6. The van der Waals surface area contributed by atoms with Crippen molar-refractivity contribution in [2.24, 2.45) is 5.41 Å². The second kappa shape index (κ2) is 8.07. The van der Waals surface area contributed by atoms with E-state index in [-0.39, 0.29) is 11.8 Å². The van der Waals surface area contributed by atoms with Crippen molar-refractivity contribution in [1.82, 2.24) is 10.2 Å². The van der Waals surface area contributed by atoms with Crippen LogP contribution in [0.2, 0.25) is 0 Å². The third kappa shape index (κ3) is 4.47. The predicted molar refractivity (Wildman–Crippen MR) is 109 cm³/mol. The number of fused-ring (bicyclic) bond motifs is 1. The maximum atomic E-state index is 13.0. The maximum Gasteiger partial charge on any atom is 0.331 e. The SMILES string of the molecule is CC(C)(C)C(=O)NCc1ccc(C(=O)N2CCc3ccccc3C2C(=O)O)cc1. The van der Waals surface area contributed by atoms with Gasteiger partial charge in [0.15, 0.2) is 6.04 Å². The summed E-state index contributed by atoms with van der Waals surface area (Å²) in [4.78, 5) is 38.3. The molecule has 1 unspecified atom stereocenters. The van der Waals surface area contributed by atoms with Gasteiger partial charge in [0.25, 0.3) is 5.91 Å². The lowest BCUT2D eigenvalue weighted by Crippen LogP contribution is -2.43. The van der Waals surface area contributed by atoms with Crippen LogP contribution in [-0.2, 0) is 22.6 Å². The number of amides is 2. The number of rotatable bonds is 4. The van der Waals surface area contributed by atoms with Gasteiger partial charge >= 0.3 is 5.97 Å². The molecular formula is C23H26N2O4. The van der Waals surface area contributed by atoms with Gasteiger partial charge in [0.1, 0.15) is 0 Å². The van der Waals surface area contributed by atoms with Crippen LogP contribution in [-0.4, -0.2) is 34.3 Å². The van der Waals surface area contributed by atoms with Crippen LogP contribution in [0.25, 0.3) is 0 Å². The fourth-order valence-electron chi connectivity index (χ4n) is 3.43. The first-order valence-corrected chi connectivity index (χ1v) is 9.67. The molecule has 29 heavy (non-hydrogen) atoms. The average molecular weight is 394 g/mol. The van der Waals surface area contributed by atoms with Crippen LogP contribution in [0.3, 0.4) is 0 Å². The van der Waals surface area contributed by atoms with Crippen molar-refractivity contribution < 1.29 is 19.5 Å². The summed E-state index contributed by atoms with van der Waals surface area (Å²) >= 11 is 0. The average Bonchev–Trinajstić information content (AvgIpc) is 2.70. The maximum absolute atomic E-state index is 13.0. The molecule has 0 saturated heterocycles. The Hall–Kier alpha value is -3.15. The summed E-state index contributed by atoms with van der Waals surface area (Å²) in [6, 6.07) is 13.3. The summed E-state index contributed by atoms with van der Waals surface area (Å²) in [6.07, 6.45) is 0.628. The molecule has 0 radical (unpaired) electrons. The Morgan fingerprint density at radius 2 is 1.72 bits per heavy atom. The van der Waals surface area contributed by atoms with Crippen molar-refractivity contribution in [3.8, 4) is 0 Å². The van der Waals surface area contributed by atoms with E-state index in [1.807, 2.05) is 32.9 Å². The number of carboxylic acids is 1. The minimum absolute atomic E-state index is 0.0473. The largest absolute Gasteiger partial charge is 0.479 e. The number of nitrogens with zero attached hydrogens (tertiary/aromatic N) is 1. The Bertz CT molecular complexity index is 929. The summed E-state index contributed by atoms with van der Waals surface area (Å²) in [5.41, 5.74) is 2.47. The van der Waals surface area contributed by atoms with E-state index in [4.69, 9.17) is 0 Å². The Morgan fingerprint density at radius 3 is 2.34 bits per heavy atom. The minimum Gasteiger partial charge on any atom is -0.479 e. The quantitative estimate of drug-likeness (QED) is 0.834. The molecule has 152 valence electrons. The molecule has 1 aliphatic rings. The van der Waals surface area contributed by atoms with E-state index < -0.39 is 17.4 Å². The number of benzene rings is 2. The van der Waals surface area contributed by atoms with Crippen LogP contribution in [0, 0.1) is 5.41 Å². The van der Waals surface area contributed by atoms with E-state index >= 15 is 0 Å². The monoisotopic (exact) mass is 394 g/mol. The molecule has 6 nitrogen and oxygen atoms in total. The molecule has 0 fully saturated rings. The summed E-state index contributed by atoms with van der Waals surface area (Å²) < 4.78 is 0. The highest BCUT2D eigenvalue weighted by molar-refractivity contribution is 5.97. The highest BCUT2D eigenvalue weighted by Gasteiger charge is 2.36. The van der Waals surface area contributed by atoms with E-state index in [1.54, 1.807) is 36.4 Å². The predicted octanol–water partition coefficient (Wildman–Crippen LogP) is 3.17. The van der Waals surface area contributed by atoms with Crippen molar-refractivity contribution >= 4 is 17.8 Å². The van der Waals surface area contributed by atoms with Gasteiger partial charge in [-0.2, -0.15) is 0 Å². The lowest BCUT2D eigenvalue weighted by atomic mass is 9.92. The van der Waals surface area contributed by atoms with Gasteiger partial charge in [-0.15, -0.1) is 0 Å². The molecule has 1 aliphatic heterocycles. The van der Waals surface area contributed by atoms with Crippen LogP contribution < -0.4 is 5.32 Å². The highest BCUT2D eigenvalue weighted by Crippen LogP contribution is 2.31. The van der Waals surface area contributed by atoms with Crippen LogP contribution in [0.15, 0.2) is 48.5 Å². The molecule has 6 heteroatoms. The molecule has 0 aliphatic carbocycles. The van der Waals surface area contributed by atoms with E-state index in [2.05, 4.69) is 5.32 Å². The second-order valence-corrected chi connectivity index (χ2v) is 8.32. The Morgan fingerprint density at radius 1 is 1.07 bits per heavy atom. The van der Waals surface area contributed by atoms with Crippen molar-refractivity contribution in [2.75, 3.05) is 6.54 Å². The third-order valence-electron chi connectivity index (χ3n) is 5.11. The molecule has 1 heterocycles. The molecule has 0 aromatic heterocycles.